The van der Waals surface area contributed by atoms with E-state index in [1.807, 2.05) is 7.05 Å². The van der Waals surface area contributed by atoms with Crippen LogP contribution in [0.4, 0.5) is 5.69 Å². The number of halogens is 1. The van der Waals surface area contributed by atoms with E-state index in [2.05, 4.69) is 46.4 Å². The van der Waals surface area contributed by atoms with Crippen LogP contribution in [0, 0.1) is 6.92 Å². The minimum absolute atomic E-state index is 1.14. The summed E-state index contributed by atoms with van der Waals surface area (Å²) in [5.41, 5.74) is 2.40. The van der Waals surface area contributed by atoms with Gasteiger partial charge in [0.1, 0.15) is 0 Å². The van der Waals surface area contributed by atoms with Gasteiger partial charge in [-0.3, -0.25) is 0 Å². The topological polar surface area (TPSA) is 12.0 Å². The Bertz CT molecular complexity index is 233. The van der Waals surface area contributed by atoms with E-state index >= 15 is 0 Å². The van der Waals surface area contributed by atoms with Crippen LogP contribution in [0.5, 0.6) is 0 Å². The van der Waals surface area contributed by atoms with Crippen LogP contribution in [-0.2, 0) is 0 Å². The first-order valence-corrected chi connectivity index (χ1v) is 3.97. The Morgan fingerprint density at radius 2 is 2.10 bits per heavy atom. The normalized spacial score (nSPS) is 9.50. The predicted molar refractivity (Wildman–Crippen MR) is 48.4 cm³/mol. The van der Waals surface area contributed by atoms with Gasteiger partial charge in [-0.2, -0.15) is 0 Å². The van der Waals surface area contributed by atoms with E-state index in [-0.39, 0.29) is 0 Å². The third-order valence-electron chi connectivity index (χ3n) is 1.46. The fraction of sp³-hybridized carbons (Fsp3) is 0.250. The second-order valence-electron chi connectivity index (χ2n) is 2.21. The van der Waals surface area contributed by atoms with Gasteiger partial charge in [-0.1, -0.05) is 22.0 Å². The Balaban J connectivity index is 3.04. The van der Waals surface area contributed by atoms with Crippen molar-refractivity contribution in [1.82, 2.24) is 0 Å². The molecule has 1 aromatic carbocycles. The van der Waals surface area contributed by atoms with E-state index < -0.39 is 0 Å². The number of anilines is 1. The van der Waals surface area contributed by atoms with E-state index in [9.17, 15) is 0 Å². The zero-order valence-electron chi connectivity index (χ0n) is 6.11. The molecule has 0 aliphatic carbocycles. The van der Waals surface area contributed by atoms with Gasteiger partial charge in [0.2, 0.25) is 0 Å². The lowest BCUT2D eigenvalue weighted by Crippen LogP contribution is -1.87. The van der Waals surface area contributed by atoms with Crippen LogP contribution in [0.15, 0.2) is 22.7 Å². The smallest absolute Gasteiger partial charge is 0.0349 e. The second kappa shape index (κ2) is 3.06. The molecule has 0 unspecified atom stereocenters. The molecule has 1 nitrogen and oxygen atoms in total. The molecular weight excluding hydrogens is 190 g/mol. The third kappa shape index (κ3) is 1.51. The van der Waals surface area contributed by atoms with Crippen LogP contribution >= 0.6 is 15.9 Å². The molecule has 0 bridgehead atoms. The van der Waals surface area contributed by atoms with Gasteiger partial charge in [0.15, 0.2) is 0 Å². The molecule has 1 aromatic rings. The van der Waals surface area contributed by atoms with Gasteiger partial charge in [-0.25, -0.2) is 0 Å². The lowest BCUT2D eigenvalue weighted by molar-refractivity contribution is 1.40. The van der Waals surface area contributed by atoms with Crippen molar-refractivity contribution in [2.45, 2.75) is 6.92 Å². The van der Waals surface area contributed by atoms with Gasteiger partial charge in [-0.15, -0.1) is 0 Å². The Morgan fingerprint density at radius 1 is 1.40 bits per heavy atom. The molecule has 1 N–H and O–H groups in total. The maximum absolute atomic E-state index is 3.45. The van der Waals surface area contributed by atoms with Crippen LogP contribution in [-0.4, -0.2) is 7.05 Å². The molecular formula is C8H10BrN. The molecule has 54 valence electrons. The fourth-order valence-corrected chi connectivity index (χ4v) is 1.13. The summed E-state index contributed by atoms with van der Waals surface area (Å²) in [5, 5.41) is 3.06. The van der Waals surface area contributed by atoms with Crippen LogP contribution in [0.1, 0.15) is 5.56 Å². The Morgan fingerprint density at radius 3 is 2.60 bits per heavy atom. The van der Waals surface area contributed by atoms with Crippen LogP contribution in [0.2, 0.25) is 0 Å². The summed E-state index contributed by atoms with van der Waals surface area (Å²) in [4.78, 5) is 0. The maximum atomic E-state index is 3.45. The summed E-state index contributed by atoms with van der Waals surface area (Å²) in [6.45, 7) is 2.07. The average Bonchev–Trinajstić information content (AvgIpc) is 1.95. The molecule has 1 rings (SSSR count). The minimum atomic E-state index is 1.14. The van der Waals surface area contributed by atoms with Crippen molar-refractivity contribution in [3.8, 4) is 0 Å². The van der Waals surface area contributed by atoms with Crippen molar-refractivity contribution < 1.29 is 0 Å². The summed E-state index contributed by atoms with van der Waals surface area (Å²) >= 11 is 3.45. The van der Waals surface area contributed by atoms with E-state index in [0.717, 1.165) is 10.2 Å². The summed E-state index contributed by atoms with van der Waals surface area (Å²) < 4.78 is 1.15. The van der Waals surface area contributed by atoms with Gasteiger partial charge in [0.25, 0.3) is 0 Å². The first kappa shape index (κ1) is 7.61. The van der Waals surface area contributed by atoms with E-state index in [0.29, 0.717) is 0 Å². The van der Waals surface area contributed by atoms with E-state index in [1.54, 1.807) is 0 Å². The molecule has 0 aliphatic heterocycles. The maximum Gasteiger partial charge on any atom is 0.0349 e. The first-order valence-electron chi connectivity index (χ1n) is 3.18. The fourth-order valence-electron chi connectivity index (χ4n) is 0.748. The zero-order valence-corrected chi connectivity index (χ0v) is 7.70. The number of rotatable bonds is 1. The number of hydrogen-bond donors (Lipinski definition) is 1. The third-order valence-corrected chi connectivity index (χ3v) is 2.31. The van der Waals surface area contributed by atoms with E-state index in [4.69, 9.17) is 0 Å². The van der Waals surface area contributed by atoms with Crippen molar-refractivity contribution in [3.63, 3.8) is 0 Å². The number of hydrogen-bond acceptors (Lipinski definition) is 1. The van der Waals surface area contributed by atoms with Gasteiger partial charge < -0.3 is 5.32 Å². The highest BCUT2D eigenvalue weighted by Crippen LogP contribution is 2.19. The average molecular weight is 200 g/mol. The molecule has 0 aliphatic rings. The second-order valence-corrected chi connectivity index (χ2v) is 3.07. The van der Waals surface area contributed by atoms with Crippen LogP contribution in [0.3, 0.4) is 0 Å². The molecule has 0 saturated heterocycles. The molecule has 0 fully saturated rings. The highest BCUT2D eigenvalue weighted by molar-refractivity contribution is 9.10. The Hall–Kier alpha value is -0.500. The Labute approximate surface area is 69.6 Å². The summed E-state index contributed by atoms with van der Waals surface area (Å²) in [6.07, 6.45) is 0. The molecule has 0 heterocycles. The number of benzene rings is 1. The lowest BCUT2D eigenvalue weighted by atomic mass is 10.2. The largest absolute Gasteiger partial charge is 0.388 e. The Kier molecular flexibility index (Phi) is 2.33. The van der Waals surface area contributed by atoms with Crippen LogP contribution in [0.25, 0.3) is 0 Å². The van der Waals surface area contributed by atoms with E-state index in [1.165, 1.54) is 5.56 Å². The summed E-state index contributed by atoms with van der Waals surface area (Å²) in [7, 11) is 1.91. The van der Waals surface area contributed by atoms with Gasteiger partial charge in [0, 0.05) is 17.2 Å². The number of nitrogens with one attached hydrogen (secondary N) is 1. The first-order chi connectivity index (χ1) is 4.74. The van der Waals surface area contributed by atoms with Crippen molar-refractivity contribution in [1.29, 1.82) is 0 Å². The zero-order chi connectivity index (χ0) is 7.56. The van der Waals surface area contributed by atoms with Crippen molar-refractivity contribution in [2.75, 3.05) is 12.4 Å². The summed E-state index contributed by atoms with van der Waals surface area (Å²) in [5.74, 6) is 0. The highest BCUT2D eigenvalue weighted by Gasteiger charge is 1.93. The molecule has 0 aromatic heterocycles. The van der Waals surface area contributed by atoms with Crippen molar-refractivity contribution in [3.05, 3.63) is 28.2 Å². The molecule has 0 atom stereocenters. The molecule has 2 heteroatoms. The predicted octanol–water partition coefficient (Wildman–Crippen LogP) is 2.80. The SMILES string of the molecule is CNc1ccc(C)c(Br)c1. The van der Waals surface area contributed by atoms with Gasteiger partial charge in [-0.05, 0) is 24.6 Å². The number of aryl methyl sites for hydroxylation is 1. The van der Waals surface area contributed by atoms with Crippen molar-refractivity contribution >= 4 is 21.6 Å². The van der Waals surface area contributed by atoms with Gasteiger partial charge >= 0.3 is 0 Å². The molecule has 0 spiro atoms. The minimum Gasteiger partial charge on any atom is -0.388 e. The van der Waals surface area contributed by atoms with Crippen molar-refractivity contribution in [2.24, 2.45) is 0 Å². The van der Waals surface area contributed by atoms with Gasteiger partial charge in [0.05, 0.1) is 0 Å². The molecule has 0 saturated carbocycles. The molecule has 0 radical (unpaired) electrons. The lowest BCUT2D eigenvalue weighted by Gasteiger charge is -2.01. The van der Waals surface area contributed by atoms with Crippen LogP contribution < -0.4 is 5.32 Å². The monoisotopic (exact) mass is 199 g/mol. The standard InChI is InChI=1S/C8H10BrN/c1-6-3-4-7(10-2)5-8(6)9/h3-5,10H,1-2H3. The molecule has 0 amide bonds. The summed E-state index contributed by atoms with van der Waals surface area (Å²) in [6, 6.07) is 6.20. The highest BCUT2D eigenvalue weighted by atomic mass is 79.9. The quantitative estimate of drug-likeness (QED) is 0.734. The molecule has 10 heavy (non-hydrogen) atoms.